The zero-order valence-electron chi connectivity index (χ0n) is 17.0. The fourth-order valence-corrected chi connectivity index (χ4v) is 4.12. The Morgan fingerprint density at radius 3 is 2.69 bits per heavy atom. The Morgan fingerprint density at radius 1 is 1.24 bits per heavy atom. The van der Waals surface area contributed by atoms with Crippen molar-refractivity contribution in [2.24, 2.45) is 0 Å². The van der Waals surface area contributed by atoms with Gasteiger partial charge in [0.05, 0.1) is 0 Å². The first-order chi connectivity index (χ1) is 13.9. The van der Waals surface area contributed by atoms with E-state index in [2.05, 4.69) is 28.5 Å². The minimum atomic E-state index is -0.468. The van der Waals surface area contributed by atoms with Crippen LogP contribution in [0.3, 0.4) is 0 Å². The Hall–Kier alpha value is -2.67. The Bertz CT molecular complexity index is 990. The first-order valence-corrected chi connectivity index (χ1v) is 10.8. The lowest BCUT2D eigenvalue weighted by atomic mass is 9.92. The van der Waals surface area contributed by atoms with E-state index in [4.69, 9.17) is 9.72 Å². The largest absolute Gasteiger partial charge is 0.444 e. The minimum absolute atomic E-state index is 0.228. The number of ether oxygens (including phenoxy) is 1. The van der Waals surface area contributed by atoms with Crippen molar-refractivity contribution in [2.75, 3.05) is 18.4 Å². The van der Waals surface area contributed by atoms with Crippen molar-refractivity contribution in [1.82, 2.24) is 14.9 Å². The summed E-state index contributed by atoms with van der Waals surface area (Å²) < 4.78 is 5.51. The molecular formula is C22H26N4O2S. The number of anilines is 2. The van der Waals surface area contributed by atoms with E-state index in [1.165, 1.54) is 0 Å². The van der Waals surface area contributed by atoms with E-state index in [0.29, 0.717) is 19.0 Å². The van der Waals surface area contributed by atoms with Gasteiger partial charge in [-0.1, -0.05) is 24.3 Å². The zero-order valence-corrected chi connectivity index (χ0v) is 17.8. The highest BCUT2D eigenvalue weighted by Gasteiger charge is 2.28. The molecule has 1 aliphatic heterocycles. The highest BCUT2D eigenvalue weighted by atomic mass is 32.1. The molecular weight excluding hydrogens is 384 g/mol. The Kier molecular flexibility index (Phi) is 5.41. The number of likely N-dealkylation sites (tertiary alicyclic amines) is 1. The summed E-state index contributed by atoms with van der Waals surface area (Å²) in [4.78, 5) is 23.4. The standard InChI is InChI=1S/C22H26N4O2S/c1-22(2,3)28-21(27)26-11-8-15(9-12-26)18-14-16-6-4-5-7-17(16)19(24-18)25-20-23-10-13-29-20/h4-7,10,13-15H,8-9,11-12H2,1-3H3,(H,23,24,25). The molecule has 0 spiro atoms. The Morgan fingerprint density at radius 2 is 2.00 bits per heavy atom. The molecule has 7 heteroatoms. The second-order valence-corrected chi connectivity index (χ2v) is 9.22. The van der Waals surface area contributed by atoms with Gasteiger partial charge in [-0.15, -0.1) is 11.3 Å². The van der Waals surface area contributed by atoms with Crippen LogP contribution in [0.2, 0.25) is 0 Å². The van der Waals surface area contributed by atoms with Gasteiger partial charge in [0.2, 0.25) is 0 Å². The molecule has 0 bridgehead atoms. The van der Waals surface area contributed by atoms with Crippen molar-refractivity contribution >= 4 is 39.2 Å². The van der Waals surface area contributed by atoms with E-state index >= 15 is 0 Å². The summed E-state index contributed by atoms with van der Waals surface area (Å²) in [6.45, 7) is 7.06. The third kappa shape index (κ3) is 4.67. The fraction of sp³-hybridized carbons (Fsp3) is 0.409. The molecule has 1 saturated heterocycles. The number of hydrogen-bond donors (Lipinski definition) is 1. The molecule has 3 heterocycles. The first-order valence-electron chi connectivity index (χ1n) is 9.93. The van der Waals surface area contributed by atoms with Gasteiger partial charge in [0.25, 0.3) is 0 Å². The van der Waals surface area contributed by atoms with Gasteiger partial charge in [0.15, 0.2) is 5.13 Å². The van der Waals surface area contributed by atoms with Crippen molar-refractivity contribution < 1.29 is 9.53 Å². The molecule has 1 aliphatic rings. The topological polar surface area (TPSA) is 67.3 Å². The molecule has 0 saturated carbocycles. The number of nitrogens with one attached hydrogen (secondary N) is 1. The maximum atomic E-state index is 12.3. The van der Waals surface area contributed by atoms with E-state index in [1.54, 1.807) is 22.4 Å². The molecule has 152 valence electrons. The lowest BCUT2D eigenvalue weighted by Crippen LogP contribution is -2.41. The van der Waals surface area contributed by atoms with E-state index in [-0.39, 0.29) is 6.09 Å². The SMILES string of the molecule is CC(C)(C)OC(=O)N1CCC(c2cc3ccccc3c(Nc3nccs3)n2)CC1. The number of pyridine rings is 1. The molecule has 0 aliphatic carbocycles. The van der Waals surface area contributed by atoms with E-state index < -0.39 is 5.60 Å². The van der Waals surface area contributed by atoms with Crippen molar-refractivity contribution in [3.63, 3.8) is 0 Å². The summed E-state index contributed by atoms with van der Waals surface area (Å²) in [5.41, 5.74) is 0.594. The number of carbonyl (C=O) groups excluding carboxylic acids is 1. The number of aromatic nitrogens is 2. The van der Waals surface area contributed by atoms with Crippen LogP contribution in [0.5, 0.6) is 0 Å². The number of fused-ring (bicyclic) bond motifs is 1. The summed E-state index contributed by atoms with van der Waals surface area (Å²) in [6.07, 6.45) is 3.31. The van der Waals surface area contributed by atoms with Crippen molar-refractivity contribution in [3.05, 3.63) is 47.6 Å². The molecule has 4 rings (SSSR count). The number of benzene rings is 1. The quantitative estimate of drug-likeness (QED) is 0.613. The fourth-order valence-electron chi connectivity index (χ4n) is 3.59. The average molecular weight is 411 g/mol. The molecule has 1 N–H and O–H groups in total. The predicted molar refractivity (Wildman–Crippen MR) is 117 cm³/mol. The van der Waals surface area contributed by atoms with Crippen LogP contribution < -0.4 is 5.32 Å². The van der Waals surface area contributed by atoms with Crippen LogP contribution >= 0.6 is 11.3 Å². The lowest BCUT2D eigenvalue weighted by molar-refractivity contribution is 0.0204. The lowest BCUT2D eigenvalue weighted by Gasteiger charge is -2.33. The van der Waals surface area contributed by atoms with Crippen molar-refractivity contribution in [3.8, 4) is 0 Å². The van der Waals surface area contributed by atoms with Crippen LogP contribution in [0, 0.1) is 0 Å². The maximum absolute atomic E-state index is 12.3. The summed E-state index contributed by atoms with van der Waals surface area (Å²) in [5, 5.41) is 8.39. The number of hydrogen-bond acceptors (Lipinski definition) is 6. The molecule has 3 aromatic rings. The minimum Gasteiger partial charge on any atom is -0.444 e. The van der Waals surface area contributed by atoms with Crippen LogP contribution in [-0.2, 0) is 4.74 Å². The van der Waals surface area contributed by atoms with Crippen molar-refractivity contribution in [1.29, 1.82) is 0 Å². The van der Waals surface area contributed by atoms with Gasteiger partial charge >= 0.3 is 6.09 Å². The highest BCUT2D eigenvalue weighted by molar-refractivity contribution is 7.13. The smallest absolute Gasteiger partial charge is 0.410 e. The molecule has 1 amide bonds. The summed E-state index contributed by atoms with van der Waals surface area (Å²) in [7, 11) is 0. The van der Waals surface area contributed by atoms with Gasteiger partial charge in [0, 0.05) is 41.7 Å². The number of nitrogens with zero attached hydrogens (tertiary/aromatic N) is 3. The zero-order chi connectivity index (χ0) is 20.4. The third-order valence-electron chi connectivity index (χ3n) is 4.98. The molecule has 6 nitrogen and oxygen atoms in total. The second kappa shape index (κ2) is 7.99. The monoisotopic (exact) mass is 410 g/mol. The van der Waals surface area contributed by atoms with E-state index in [0.717, 1.165) is 40.3 Å². The summed E-state index contributed by atoms with van der Waals surface area (Å²) >= 11 is 1.56. The van der Waals surface area contributed by atoms with Crippen LogP contribution in [0.1, 0.15) is 45.2 Å². The highest BCUT2D eigenvalue weighted by Crippen LogP contribution is 2.33. The molecule has 1 fully saturated rings. The van der Waals surface area contributed by atoms with Crippen LogP contribution in [0.25, 0.3) is 10.8 Å². The van der Waals surface area contributed by atoms with E-state index in [1.807, 2.05) is 38.3 Å². The Balaban J connectivity index is 1.53. The number of piperidine rings is 1. The Labute approximate surface area is 174 Å². The average Bonchev–Trinajstić information content (AvgIpc) is 3.20. The van der Waals surface area contributed by atoms with Gasteiger partial charge in [-0.2, -0.15) is 0 Å². The number of thiazole rings is 1. The maximum Gasteiger partial charge on any atom is 0.410 e. The normalized spacial score (nSPS) is 15.5. The predicted octanol–water partition coefficient (Wildman–Crippen LogP) is 5.55. The van der Waals surface area contributed by atoms with Gasteiger partial charge in [-0.25, -0.2) is 14.8 Å². The second-order valence-electron chi connectivity index (χ2n) is 8.32. The molecule has 0 unspecified atom stereocenters. The van der Waals surface area contributed by atoms with Gasteiger partial charge < -0.3 is 15.0 Å². The number of rotatable bonds is 3. The van der Waals surface area contributed by atoms with Crippen LogP contribution in [-0.4, -0.2) is 39.7 Å². The number of amides is 1. The van der Waals surface area contributed by atoms with Crippen molar-refractivity contribution in [2.45, 2.75) is 45.1 Å². The van der Waals surface area contributed by atoms with Gasteiger partial charge in [-0.3, -0.25) is 0 Å². The third-order valence-corrected chi connectivity index (χ3v) is 5.67. The first kappa shape index (κ1) is 19.6. The van der Waals surface area contributed by atoms with Crippen LogP contribution in [0.15, 0.2) is 41.9 Å². The molecule has 0 atom stereocenters. The summed E-state index contributed by atoms with van der Waals surface area (Å²) in [6, 6.07) is 10.4. The summed E-state index contributed by atoms with van der Waals surface area (Å²) in [5.74, 6) is 1.15. The molecule has 1 aromatic carbocycles. The van der Waals surface area contributed by atoms with E-state index in [9.17, 15) is 4.79 Å². The van der Waals surface area contributed by atoms with Gasteiger partial charge in [-0.05, 0) is 45.1 Å². The molecule has 0 radical (unpaired) electrons. The molecule has 2 aromatic heterocycles. The van der Waals surface area contributed by atoms with Gasteiger partial charge in [0.1, 0.15) is 11.4 Å². The molecule has 29 heavy (non-hydrogen) atoms. The van der Waals surface area contributed by atoms with Crippen LogP contribution in [0.4, 0.5) is 15.7 Å². The number of carbonyl (C=O) groups is 1.